The predicted octanol–water partition coefficient (Wildman–Crippen LogP) is 0.432. The van der Waals surface area contributed by atoms with Crippen molar-refractivity contribution in [3.05, 3.63) is 0 Å². The van der Waals surface area contributed by atoms with E-state index in [1.165, 1.54) is 6.92 Å². The molecule has 2 aliphatic heterocycles. The molecular weight excluding hydrogens is 606 g/mol. The van der Waals surface area contributed by atoms with Gasteiger partial charge in [-0.05, 0) is 43.9 Å². The fourth-order valence-corrected chi connectivity index (χ4v) is 7.63. The van der Waals surface area contributed by atoms with Gasteiger partial charge in [0.1, 0.15) is 42.7 Å². The summed E-state index contributed by atoms with van der Waals surface area (Å²) in [6, 6.07) is -1.14. The van der Waals surface area contributed by atoms with Gasteiger partial charge in [-0.25, -0.2) is 4.79 Å². The molecule has 1 amide bonds. The summed E-state index contributed by atoms with van der Waals surface area (Å²) in [5.74, 6) is -1.40. The lowest BCUT2D eigenvalue weighted by molar-refractivity contribution is -0.339. The summed E-state index contributed by atoms with van der Waals surface area (Å²) in [7, 11) is 0. The van der Waals surface area contributed by atoms with E-state index in [4.69, 9.17) is 23.7 Å². The van der Waals surface area contributed by atoms with Gasteiger partial charge < -0.3 is 59.6 Å². The second kappa shape index (κ2) is 16.8. The summed E-state index contributed by atoms with van der Waals surface area (Å²) in [6.07, 6.45) is -7.15. The quantitative estimate of drug-likeness (QED) is 0.151. The van der Waals surface area contributed by atoms with Crippen molar-refractivity contribution in [2.75, 3.05) is 6.61 Å². The molecule has 2 saturated carbocycles. The van der Waals surface area contributed by atoms with Gasteiger partial charge in [-0.3, -0.25) is 4.79 Å². The van der Waals surface area contributed by atoms with Crippen LogP contribution in [0.5, 0.6) is 0 Å². The molecule has 0 bridgehead atoms. The zero-order chi connectivity index (χ0) is 33.7. The SMILES string of the molecule is CC[C@@H]1CC(C)CC(O[C@@H]2O[C@@H](CO)C(O)C(O[C@@H](CC3CCCCC3)C(=O)O)C2NC(C)=O)C1OC1OC(C)C(O)C(O)C1O. The topological polar surface area (TPSA) is 214 Å². The van der Waals surface area contributed by atoms with Crippen LogP contribution in [0, 0.1) is 17.8 Å². The van der Waals surface area contributed by atoms with Crippen LogP contribution >= 0.6 is 0 Å². The molecule has 0 aromatic rings. The number of carbonyl (C=O) groups excluding carboxylic acids is 1. The largest absolute Gasteiger partial charge is 0.479 e. The number of aliphatic carboxylic acids is 1. The van der Waals surface area contributed by atoms with E-state index in [2.05, 4.69) is 12.2 Å². The fraction of sp³-hybridized carbons (Fsp3) is 0.938. The Balaban J connectivity index is 1.60. The Morgan fingerprint density at radius 3 is 2.20 bits per heavy atom. The summed E-state index contributed by atoms with van der Waals surface area (Å²) in [4.78, 5) is 24.8. The molecule has 15 atom stereocenters. The van der Waals surface area contributed by atoms with Crippen LogP contribution in [-0.4, -0.2) is 129 Å². The van der Waals surface area contributed by atoms with E-state index in [0.29, 0.717) is 12.8 Å². The van der Waals surface area contributed by atoms with Gasteiger partial charge in [-0.15, -0.1) is 0 Å². The molecule has 0 aromatic carbocycles. The molecule has 4 aliphatic rings. The van der Waals surface area contributed by atoms with E-state index in [9.17, 15) is 40.2 Å². The number of aliphatic hydroxyl groups excluding tert-OH is 5. The molecule has 7 N–H and O–H groups in total. The van der Waals surface area contributed by atoms with Gasteiger partial charge >= 0.3 is 5.97 Å². The molecule has 2 heterocycles. The number of ether oxygens (including phenoxy) is 5. The van der Waals surface area contributed by atoms with Crippen molar-refractivity contribution in [2.45, 2.75) is 165 Å². The molecule has 0 spiro atoms. The smallest absolute Gasteiger partial charge is 0.332 e. The Morgan fingerprint density at radius 1 is 0.891 bits per heavy atom. The number of carbonyl (C=O) groups is 2. The van der Waals surface area contributed by atoms with Crippen molar-refractivity contribution in [1.29, 1.82) is 0 Å². The maximum absolute atomic E-state index is 12.5. The third-order valence-electron chi connectivity index (χ3n) is 10.2. The van der Waals surface area contributed by atoms with Crippen LogP contribution in [-0.2, 0) is 33.3 Å². The zero-order valence-corrected chi connectivity index (χ0v) is 27.3. The molecule has 4 fully saturated rings. The van der Waals surface area contributed by atoms with Crippen molar-refractivity contribution in [3.8, 4) is 0 Å². The minimum absolute atomic E-state index is 0.0650. The average molecular weight is 662 g/mol. The Kier molecular flexibility index (Phi) is 13.6. The first-order chi connectivity index (χ1) is 21.8. The summed E-state index contributed by atoms with van der Waals surface area (Å²) in [5.41, 5.74) is 0. The Hall–Kier alpha value is -1.46. The number of amides is 1. The summed E-state index contributed by atoms with van der Waals surface area (Å²) in [6.45, 7) is 6.28. The molecular formula is C32H55NO13. The van der Waals surface area contributed by atoms with Crippen LogP contribution in [0.15, 0.2) is 0 Å². The van der Waals surface area contributed by atoms with Crippen LogP contribution in [0.1, 0.15) is 85.5 Å². The first-order valence-electron chi connectivity index (χ1n) is 16.9. The molecule has 11 unspecified atom stereocenters. The van der Waals surface area contributed by atoms with E-state index in [0.717, 1.165) is 38.5 Å². The van der Waals surface area contributed by atoms with Crippen LogP contribution in [0.4, 0.5) is 0 Å². The third-order valence-corrected chi connectivity index (χ3v) is 10.2. The first kappa shape index (κ1) is 37.4. The molecule has 14 nitrogen and oxygen atoms in total. The van der Waals surface area contributed by atoms with Gasteiger partial charge in [0.15, 0.2) is 18.7 Å². The second-order valence-electron chi connectivity index (χ2n) is 13.8. The number of hydrogen-bond acceptors (Lipinski definition) is 12. The molecule has 14 heteroatoms. The number of nitrogens with one attached hydrogen (secondary N) is 1. The average Bonchev–Trinajstić information content (AvgIpc) is 3.02. The highest BCUT2D eigenvalue weighted by Crippen LogP contribution is 2.39. The number of rotatable bonds is 12. The first-order valence-corrected chi connectivity index (χ1v) is 16.9. The highest BCUT2D eigenvalue weighted by atomic mass is 16.7. The number of carboxylic acids is 1. The summed E-state index contributed by atoms with van der Waals surface area (Å²) < 4.78 is 30.8. The Labute approximate surface area is 270 Å². The van der Waals surface area contributed by atoms with Crippen LogP contribution in [0.25, 0.3) is 0 Å². The lowest BCUT2D eigenvalue weighted by Crippen LogP contribution is -2.67. The number of carboxylic acid groups (broad SMARTS) is 1. The van der Waals surface area contributed by atoms with E-state index < -0.39 is 98.1 Å². The molecule has 46 heavy (non-hydrogen) atoms. The zero-order valence-electron chi connectivity index (χ0n) is 27.3. The lowest BCUT2D eigenvalue weighted by Gasteiger charge is -2.49. The third kappa shape index (κ3) is 8.95. The minimum Gasteiger partial charge on any atom is -0.479 e. The molecule has 266 valence electrons. The highest BCUT2D eigenvalue weighted by Gasteiger charge is 2.52. The van der Waals surface area contributed by atoms with E-state index in [-0.39, 0.29) is 24.2 Å². The summed E-state index contributed by atoms with van der Waals surface area (Å²) >= 11 is 0. The fourth-order valence-electron chi connectivity index (χ4n) is 7.63. The second-order valence-corrected chi connectivity index (χ2v) is 13.8. The van der Waals surface area contributed by atoms with Gasteiger partial charge in [0, 0.05) is 6.92 Å². The van der Waals surface area contributed by atoms with Crippen molar-refractivity contribution in [2.24, 2.45) is 17.8 Å². The van der Waals surface area contributed by atoms with Crippen LogP contribution in [0.2, 0.25) is 0 Å². The van der Waals surface area contributed by atoms with Crippen LogP contribution < -0.4 is 5.32 Å². The normalized spacial score (nSPS) is 43.2. The monoisotopic (exact) mass is 661 g/mol. The molecule has 2 aliphatic carbocycles. The van der Waals surface area contributed by atoms with Crippen molar-refractivity contribution in [1.82, 2.24) is 5.32 Å². The van der Waals surface area contributed by atoms with E-state index >= 15 is 0 Å². The van der Waals surface area contributed by atoms with Gasteiger partial charge in [-0.2, -0.15) is 0 Å². The maximum Gasteiger partial charge on any atom is 0.332 e. The Bertz CT molecular complexity index is 982. The number of hydrogen-bond donors (Lipinski definition) is 7. The van der Waals surface area contributed by atoms with E-state index in [1.54, 1.807) is 6.92 Å². The molecule has 4 rings (SSSR count). The standard InChI is InChI=1S/C32H55NO13/c1-5-19-11-15(2)12-20(28(19)46-32-27(39)26(38)24(36)16(3)42-32)44-31-23(33-17(4)35)29(25(37)22(14-34)45-31)43-21(30(40)41)13-18-9-7-6-8-10-18/h15-16,18-29,31-32,34,36-39H,5-14H2,1-4H3,(H,33,35)(H,40,41)/t15?,16?,19-,20?,21+,22+,23?,24?,25?,26?,27?,28?,29?,31-,32?/m1/s1. The molecule has 0 aromatic heterocycles. The van der Waals surface area contributed by atoms with Crippen molar-refractivity contribution in [3.63, 3.8) is 0 Å². The summed E-state index contributed by atoms with van der Waals surface area (Å²) in [5, 5.41) is 65.5. The molecule has 2 saturated heterocycles. The maximum atomic E-state index is 12.5. The number of aliphatic hydroxyl groups is 5. The van der Waals surface area contributed by atoms with Gasteiger partial charge in [0.2, 0.25) is 5.91 Å². The highest BCUT2D eigenvalue weighted by molar-refractivity contribution is 5.73. The van der Waals surface area contributed by atoms with E-state index in [1.807, 2.05) is 6.92 Å². The van der Waals surface area contributed by atoms with Gasteiger partial charge in [0.25, 0.3) is 0 Å². The Morgan fingerprint density at radius 2 is 1.59 bits per heavy atom. The van der Waals surface area contributed by atoms with Crippen molar-refractivity contribution >= 4 is 11.9 Å². The predicted molar refractivity (Wildman–Crippen MR) is 161 cm³/mol. The minimum atomic E-state index is -1.52. The molecule has 0 radical (unpaired) electrons. The lowest BCUT2D eigenvalue weighted by atomic mass is 9.77. The van der Waals surface area contributed by atoms with Gasteiger partial charge in [-0.1, -0.05) is 52.4 Å². The van der Waals surface area contributed by atoms with Gasteiger partial charge in [0.05, 0.1) is 24.9 Å². The van der Waals surface area contributed by atoms with Crippen molar-refractivity contribution < 1.29 is 63.9 Å². The van der Waals surface area contributed by atoms with Crippen LogP contribution in [0.3, 0.4) is 0 Å².